The molecule has 0 aliphatic rings. The van der Waals surface area contributed by atoms with Crippen molar-refractivity contribution < 1.29 is 41.0 Å². The van der Waals surface area contributed by atoms with E-state index in [1.807, 2.05) is 0 Å². The Morgan fingerprint density at radius 3 is 2.27 bits per heavy atom. The number of rotatable bonds is 9. The number of hydrogen-bond donors (Lipinski definition) is 3. The quantitative estimate of drug-likeness (QED) is 0.464. The van der Waals surface area contributed by atoms with Crippen LogP contribution in [-0.4, -0.2) is 37.5 Å². The summed E-state index contributed by atoms with van der Waals surface area (Å²) in [5.74, 6) is -0.227. The zero-order valence-electron chi connectivity index (χ0n) is 17.9. The number of methoxy groups -OCH3 is 1. The third kappa shape index (κ3) is 6.84. The normalized spacial score (nSPS) is 14.0. The van der Waals surface area contributed by atoms with Crippen LogP contribution in [-0.2, 0) is 27.9 Å². The van der Waals surface area contributed by atoms with Crippen molar-refractivity contribution >= 4 is 11.6 Å². The lowest BCUT2D eigenvalue weighted by Gasteiger charge is -2.32. The highest BCUT2D eigenvalue weighted by Gasteiger charge is 2.55. The fourth-order valence-electron chi connectivity index (χ4n) is 3.03. The maximum Gasteiger partial charge on any atom is 0.423 e. The highest BCUT2D eigenvalue weighted by atomic mass is 19.4. The lowest BCUT2D eigenvalue weighted by atomic mass is 9.91. The van der Waals surface area contributed by atoms with Crippen LogP contribution in [0.1, 0.15) is 28.7 Å². The molecule has 2 rings (SSSR count). The van der Waals surface area contributed by atoms with Crippen LogP contribution in [0.5, 0.6) is 0 Å². The first-order valence-corrected chi connectivity index (χ1v) is 9.84. The Kier molecular flexibility index (Phi) is 8.36. The zero-order chi connectivity index (χ0) is 24.9. The molecule has 2 aromatic carbocycles. The predicted octanol–water partition coefficient (Wildman–Crippen LogP) is 4.53. The van der Waals surface area contributed by atoms with Crippen molar-refractivity contribution in [3.05, 3.63) is 64.7 Å². The van der Waals surface area contributed by atoms with E-state index in [0.29, 0.717) is 11.6 Å². The molecule has 0 heterocycles. The molecule has 0 fully saturated rings. The summed E-state index contributed by atoms with van der Waals surface area (Å²) in [6.45, 7) is 1.04. The monoisotopic (exact) mass is 478 g/mol. The number of aliphatic hydroxyl groups is 1. The zero-order valence-corrected chi connectivity index (χ0v) is 17.9. The number of anilines is 1. The van der Waals surface area contributed by atoms with E-state index >= 15 is 0 Å². The van der Waals surface area contributed by atoms with Gasteiger partial charge < -0.3 is 20.5 Å². The summed E-state index contributed by atoms with van der Waals surface area (Å²) in [5.41, 5.74) is -4.19. The van der Waals surface area contributed by atoms with Crippen molar-refractivity contribution in [3.63, 3.8) is 0 Å². The van der Waals surface area contributed by atoms with Gasteiger partial charge in [0.2, 0.25) is 11.5 Å². The molecule has 1 atom stereocenters. The molecule has 0 aromatic heterocycles. The fourth-order valence-corrected chi connectivity index (χ4v) is 3.03. The van der Waals surface area contributed by atoms with Gasteiger partial charge in [0.15, 0.2) is 0 Å². The predicted molar refractivity (Wildman–Crippen MR) is 109 cm³/mol. The minimum atomic E-state index is -5.24. The van der Waals surface area contributed by atoms with Crippen molar-refractivity contribution in [2.75, 3.05) is 25.6 Å². The van der Waals surface area contributed by atoms with E-state index in [9.17, 15) is 36.2 Å². The number of alkyl halides is 6. The summed E-state index contributed by atoms with van der Waals surface area (Å²) in [4.78, 5) is 11.7. The summed E-state index contributed by atoms with van der Waals surface area (Å²) in [7, 11) is 1.47. The highest BCUT2D eigenvalue weighted by molar-refractivity contribution is 5.76. The second-order valence-electron chi connectivity index (χ2n) is 7.45. The third-order valence-electron chi connectivity index (χ3n) is 5.04. The van der Waals surface area contributed by atoms with Crippen LogP contribution < -0.4 is 10.6 Å². The molecule has 1 amide bonds. The number of carbonyl (C=O) groups excluding carboxylic acids is 1. The minimum Gasteiger partial charge on any atom is -0.384 e. The maximum absolute atomic E-state index is 13.7. The van der Waals surface area contributed by atoms with E-state index in [0.717, 1.165) is 17.7 Å². The Labute approximate surface area is 186 Å². The first-order valence-electron chi connectivity index (χ1n) is 9.84. The molecule has 3 N–H and O–H groups in total. The molecule has 0 saturated heterocycles. The lowest BCUT2D eigenvalue weighted by molar-refractivity contribution is -0.260. The van der Waals surface area contributed by atoms with Crippen LogP contribution in [0.2, 0.25) is 0 Å². The Morgan fingerprint density at radius 2 is 1.70 bits per heavy atom. The molecule has 5 nitrogen and oxygen atoms in total. The molecule has 33 heavy (non-hydrogen) atoms. The number of hydrogen-bond acceptors (Lipinski definition) is 4. The standard InChI is InChI=1S/C22H24F6N2O3/c1-14-10-18(7-6-15(14)12-29-19(31)8-9-33-2)30-13-20(32,22(26,27)28)16-4-3-5-17(11-16)21(23,24)25/h3-7,10-11,30,32H,8-9,12-13H2,1-2H3,(H,29,31)/t20-/m0/s1. The van der Waals surface area contributed by atoms with Gasteiger partial charge in [-0.3, -0.25) is 4.79 Å². The molecular formula is C22H24F6N2O3. The van der Waals surface area contributed by atoms with Crippen LogP contribution >= 0.6 is 0 Å². The highest BCUT2D eigenvalue weighted by Crippen LogP contribution is 2.41. The van der Waals surface area contributed by atoms with E-state index in [4.69, 9.17) is 4.74 Å². The summed E-state index contributed by atoms with van der Waals surface area (Å²) in [5, 5.41) is 15.5. The van der Waals surface area contributed by atoms with Gasteiger partial charge in [-0.2, -0.15) is 26.3 Å². The van der Waals surface area contributed by atoms with Gasteiger partial charge in [-0.15, -0.1) is 0 Å². The van der Waals surface area contributed by atoms with Gasteiger partial charge in [-0.05, 0) is 47.9 Å². The molecule has 182 valence electrons. The van der Waals surface area contributed by atoms with E-state index in [1.165, 1.54) is 19.2 Å². The van der Waals surface area contributed by atoms with E-state index in [-0.39, 0.29) is 37.2 Å². The van der Waals surface area contributed by atoms with Crippen LogP contribution in [0.15, 0.2) is 42.5 Å². The maximum atomic E-state index is 13.7. The third-order valence-corrected chi connectivity index (χ3v) is 5.04. The molecule has 0 bridgehead atoms. The van der Waals surface area contributed by atoms with Crippen molar-refractivity contribution in [3.8, 4) is 0 Å². The van der Waals surface area contributed by atoms with Crippen molar-refractivity contribution in [2.24, 2.45) is 0 Å². The molecule has 0 unspecified atom stereocenters. The van der Waals surface area contributed by atoms with Crippen LogP contribution in [0, 0.1) is 6.92 Å². The number of nitrogens with one attached hydrogen (secondary N) is 2. The minimum absolute atomic E-state index is 0.181. The van der Waals surface area contributed by atoms with Gasteiger partial charge in [0, 0.05) is 25.8 Å². The van der Waals surface area contributed by atoms with Crippen LogP contribution in [0.25, 0.3) is 0 Å². The number of ether oxygens (including phenoxy) is 1. The lowest BCUT2D eigenvalue weighted by Crippen LogP contribution is -2.48. The second kappa shape index (κ2) is 10.4. The summed E-state index contributed by atoms with van der Waals surface area (Å²) >= 11 is 0. The van der Waals surface area contributed by atoms with Gasteiger partial charge in [-0.25, -0.2) is 0 Å². The molecule has 11 heteroatoms. The van der Waals surface area contributed by atoms with Gasteiger partial charge in [0.25, 0.3) is 0 Å². The summed E-state index contributed by atoms with van der Waals surface area (Å²) < 4.78 is 84.8. The molecule has 0 aliphatic heterocycles. The van der Waals surface area contributed by atoms with Crippen molar-refractivity contribution in [1.29, 1.82) is 0 Å². The molecule has 0 radical (unpaired) electrons. The second-order valence-corrected chi connectivity index (χ2v) is 7.45. The average Bonchev–Trinajstić information content (AvgIpc) is 2.74. The number of carbonyl (C=O) groups is 1. The van der Waals surface area contributed by atoms with Crippen molar-refractivity contribution in [2.45, 2.75) is 37.8 Å². The summed E-state index contributed by atoms with van der Waals surface area (Å²) in [6.07, 6.45) is -9.92. The van der Waals surface area contributed by atoms with Gasteiger partial charge in [0.05, 0.1) is 18.7 Å². The average molecular weight is 478 g/mol. The van der Waals surface area contributed by atoms with Crippen molar-refractivity contribution in [1.82, 2.24) is 5.32 Å². The first kappa shape index (κ1) is 26.5. The molecule has 2 aromatic rings. The van der Waals surface area contributed by atoms with Gasteiger partial charge in [-0.1, -0.05) is 18.2 Å². The Balaban J connectivity index is 2.17. The smallest absolute Gasteiger partial charge is 0.384 e. The van der Waals surface area contributed by atoms with Gasteiger partial charge >= 0.3 is 12.4 Å². The largest absolute Gasteiger partial charge is 0.423 e. The SMILES string of the molecule is COCCC(=O)NCc1ccc(NC[C@](O)(c2cccc(C(F)(F)F)c2)C(F)(F)F)cc1C. The van der Waals surface area contributed by atoms with Crippen LogP contribution in [0.4, 0.5) is 32.0 Å². The van der Waals surface area contributed by atoms with Gasteiger partial charge in [0.1, 0.15) is 0 Å². The fraction of sp³-hybridized carbons (Fsp3) is 0.409. The van der Waals surface area contributed by atoms with E-state index in [2.05, 4.69) is 10.6 Å². The van der Waals surface area contributed by atoms with E-state index < -0.39 is 35.6 Å². The Bertz CT molecular complexity index is 962. The molecule has 0 aliphatic carbocycles. The summed E-state index contributed by atoms with van der Waals surface area (Å²) in [6, 6.07) is 7.08. The molecule has 0 spiro atoms. The topological polar surface area (TPSA) is 70.6 Å². The molecule has 0 saturated carbocycles. The van der Waals surface area contributed by atoms with E-state index in [1.54, 1.807) is 13.0 Å². The first-order chi connectivity index (χ1) is 15.3. The number of halogens is 6. The number of amides is 1. The van der Waals surface area contributed by atoms with Crippen LogP contribution in [0.3, 0.4) is 0 Å². The Morgan fingerprint density at radius 1 is 1.03 bits per heavy atom. The molecular weight excluding hydrogens is 454 g/mol. The number of benzene rings is 2. The Hall–Kier alpha value is -2.79. The number of aryl methyl sites for hydroxylation is 1.